The molecular weight excluding hydrogens is 360 g/mol. The second kappa shape index (κ2) is 8.61. The van der Waals surface area contributed by atoms with E-state index in [2.05, 4.69) is 4.72 Å². The molecule has 2 atom stereocenters. The molecule has 0 unspecified atom stereocenters. The van der Waals surface area contributed by atoms with Gasteiger partial charge in [-0.1, -0.05) is 20.3 Å². The molecule has 1 fully saturated rings. The Morgan fingerprint density at radius 3 is 2.31 bits per heavy atom. The van der Waals surface area contributed by atoms with E-state index in [1.54, 1.807) is 18.7 Å². The molecule has 1 aliphatic rings. The van der Waals surface area contributed by atoms with Crippen molar-refractivity contribution in [2.24, 2.45) is 5.92 Å². The average Bonchev–Trinajstić information content (AvgIpc) is 2.65. The molecule has 0 saturated carbocycles. The van der Waals surface area contributed by atoms with Gasteiger partial charge >= 0.3 is 5.97 Å². The Kier molecular flexibility index (Phi) is 6.74. The number of carboxylic acid groups (broad SMARTS) is 1. The van der Waals surface area contributed by atoms with Crippen molar-refractivity contribution in [3.05, 3.63) is 29.8 Å². The molecule has 0 spiro atoms. The van der Waals surface area contributed by atoms with Crippen LogP contribution in [0.2, 0.25) is 0 Å². The van der Waals surface area contributed by atoms with Gasteiger partial charge in [-0.25, -0.2) is 8.42 Å². The molecule has 1 aromatic rings. The van der Waals surface area contributed by atoms with Crippen molar-refractivity contribution in [2.75, 3.05) is 26.3 Å². The molecule has 0 bridgehead atoms. The van der Waals surface area contributed by atoms with Crippen LogP contribution in [0.15, 0.2) is 29.2 Å². The minimum Gasteiger partial charge on any atom is -0.480 e. The SMILES string of the molecule is CC[C@H](C)[C@H](NS(=O)(=O)c1ccc(C(=O)N2CCOCC2)cc1)C(=O)O. The Bertz CT molecular complexity index is 741. The number of amides is 1. The summed E-state index contributed by atoms with van der Waals surface area (Å²) in [6, 6.07) is 4.29. The van der Waals surface area contributed by atoms with Gasteiger partial charge in [-0.2, -0.15) is 4.72 Å². The molecule has 1 aliphatic heterocycles. The zero-order valence-corrected chi connectivity index (χ0v) is 15.7. The smallest absolute Gasteiger partial charge is 0.322 e. The lowest BCUT2D eigenvalue weighted by Gasteiger charge is -2.26. The molecule has 2 rings (SSSR count). The number of nitrogens with one attached hydrogen (secondary N) is 1. The predicted octanol–water partition coefficient (Wildman–Crippen LogP) is 0.937. The van der Waals surface area contributed by atoms with Crippen LogP contribution in [-0.4, -0.2) is 62.6 Å². The first-order valence-electron chi connectivity index (χ1n) is 8.48. The van der Waals surface area contributed by atoms with Gasteiger partial charge in [-0.05, 0) is 30.2 Å². The van der Waals surface area contributed by atoms with E-state index in [9.17, 15) is 23.1 Å². The van der Waals surface area contributed by atoms with E-state index >= 15 is 0 Å². The third-order valence-corrected chi connectivity index (χ3v) is 5.93. The Morgan fingerprint density at radius 2 is 1.81 bits per heavy atom. The van der Waals surface area contributed by atoms with Gasteiger partial charge in [0.1, 0.15) is 6.04 Å². The molecular formula is C17H24N2O6S. The van der Waals surface area contributed by atoms with Gasteiger partial charge < -0.3 is 14.7 Å². The Balaban J connectivity index is 2.15. The summed E-state index contributed by atoms with van der Waals surface area (Å²) < 4.78 is 32.4. The number of morpholine rings is 1. The highest BCUT2D eigenvalue weighted by Gasteiger charge is 2.29. The summed E-state index contributed by atoms with van der Waals surface area (Å²) in [7, 11) is -4.00. The summed E-state index contributed by atoms with van der Waals surface area (Å²) in [6.07, 6.45) is 0.520. The number of carbonyl (C=O) groups is 2. The van der Waals surface area contributed by atoms with Gasteiger partial charge in [0.05, 0.1) is 18.1 Å². The highest BCUT2D eigenvalue weighted by atomic mass is 32.2. The fourth-order valence-corrected chi connectivity index (χ4v) is 3.90. The van der Waals surface area contributed by atoms with Crippen LogP contribution in [0.4, 0.5) is 0 Å². The summed E-state index contributed by atoms with van der Waals surface area (Å²) in [4.78, 5) is 25.3. The Morgan fingerprint density at radius 1 is 1.23 bits per heavy atom. The van der Waals surface area contributed by atoms with Crippen molar-refractivity contribution in [2.45, 2.75) is 31.2 Å². The van der Waals surface area contributed by atoms with Crippen LogP contribution in [0.5, 0.6) is 0 Å². The van der Waals surface area contributed by atoms with E-state index in [4.69, 9.17) is 4.74 Å². The summed E-state index contributed by atoms with van der Waals surface area (Å²) in [5.74, 6) is -1.76. The Hall–Kier alpha value is -1.97. The zero-order valence-electron chi connectivity index (χ0n) is 14.8. The van der Waals surface area contributed by atoms with Crippen LogP contribution in [0, 0.1) is 5.92 Å². The number of rotatable bonds is 7. The molecule has 2 N–H and O–H groups in total. The second-order valence-corrected chi connectivity index (χ2v) is 7.97. The first-order valence-corrected chi connectivity index (χ1v) is 9.96. The lowest BCUT2D eigenvalue weighted by molar-refractivity contribution is -0.140. The summed E-state index contributed by atoms with van der Waals surface area (Å²) in [5.41, 5.74) is 0.377. The van der Waals surface area contributed by atoms with Gasteiger partial charge in [0, 0.05) is 18.7 Å². The number of aliphatic carboxylic acids is 1. The zero-order chi connectivity index (χ0) is 19.3. The maximum atomic E-state index is 12.5. The summed E-state index contributed by atoms with van der Waals surface area (Å²) in [6.45, 7) is 5.42. The highest BCUT2D eigenvalue weighted by Crippen LogP contribution is 2.16. The van der Waals surface area contributed by atoms with Gasteiger partial charge in [0.15, 0.2) is 0 Å². The van der Waals surface area contributed by atoms with Gasteiger partial charge in [-0.3, -0.25) is 9.59 Å². The second-order valence-electron chi connectivity index (χ2n) is 6.25. The normalized spacial score (nSPS) is 17.5. The molecule has 144 valence electrons. The monoisotopic (exact) mass is 384 g/mol. The number of benzene rings is 1. The third kappa shape index (κ3) is 4.80. The van der Waals surface area contributed by atoms with Gasteiger partial charge in [-0.15, -0.1) is 0 Å². The third-order valence-electron chi connectivity index (χ3n) is 4.47. The van der Waals surface area contributed by atoms with Crippen LogP contribution < -0.4 is 4.72 Å². The highest BCUT2D eigenvalue weighted by molar-refractivity contribution is 7.89. The maximum absolute atomic E-state index is 12.5. The largest absolute Gasteiger partial charge is 0.480 e. The number of hydrogen-bond donors (Lipinski definition) is 2. The topological polar surface area (TPSA) is 113 Å². The van der Waals surface area contributed by atoms with Crippen molar-refractivity contribution in [3.8, 4) is 0 Å². The first-order chi connectivity index (χ1) is 12.3. The fourth-order valence-electron chi connectivity index (χ4n) is 2.61. The molecule has 8 nitrogen and oxygen atoms in total. The standard InChI is InChI=1S/C17H24N2O6S/c1-3-12(2)15(17(21)22)18-26(23,24)14-6-4-13(5-7-14)16(20)19-8-10-25-11-9-19/h4-7,12,15,18H,3,8-11H2,1-2H3,(H,21,22)/t12-,15-/m0/s1. The minimum absolute atomic E-state index is 0.0782. The van der Waals surface area contributed by atoms with E-state index in [0.29, 0.717) is 38.3 Å². The van der Waals surface area contributed by atoms with Crippen LogP contribution in [0.1, 0.15) is 30.6 Å². The fraction of sp³-hybridized carbons (Fsp3) is 0.529. The van der Waals surface area contributed by atoms with Crippen molar-refractivity contribution in [1.29, 1.82) is 0 Å². The van der Waals surface area contributed by atoms with E-state index in [1.807, 2.05) is 0 Å². The number of carboxylic acids is 1. The summed E-state index contributed by atoms with van der Waals surface area (Å²) >= 11 is 0. The lowest BCUT2D eigenvalue weighted by Crippen LogP contribution is -2.44. The quantitative estimate of drug-likeness (QED) is 0.723. The van der Waals surface area contributed by atoms with E-state index in [-0.39, 0.29) is 16.7 Å². The predicted molar refractivity (Wildman–Crippen MR) is 94.4 cm³/mol. The van der Waals surface area contributed by atoms with Gasteiger partial charge in [0.2, 0.25) is 10.0 Å². The van der Waals surface area contributed by atoms with Crippen LogP contribution in [-0.2, 0) is 19.6 Å². The first kappa shape index (κ1) is 20.3. The molecule has 0 aromatic heterocycles. The number of ether oxygens (including phenoxy) is 1. The number of nitrogens with zero attached hydrogens (tertiary/aromatic N) is 1. The molecule has 1 amide bonds. The minimum atomic E-state index is -4.00. The van der Waals surface area contributed by atoms with E-state index in [1.165, 1.54) is 24.3 Å². The molecule has 1 saturated heterocycles. The number of sulfonamides is 1. The van der Waals surface area contributed by atoms with E-state index in [0.717, 1.165) is 0 Å². The molecule has 0 radical (unpaired) electrons. The van der Waals surface area contributed by atoms with Crippen LogP contribution in [0.25, 0.3) is 0 Å². The number of carbonyl (C=O) groups excluding carboxylic acids is 1. The molecule has 26 heavy (non-hydrogen) atoms. The van der Waals surface area contributed by atoms with Crippen LogP contribution >= 0.6 is 0 Å². The molecule has 1 aromatic carbocycles. The van der Waals surface area contributed by atoms with Crippen molar-refractivity contribution < 1.29 is 27.9 Å². The average molecular weight is 384 g/mol. The Labute approximate surface area is 153 Å². The molecule has 0 aliphatic carbocycles. The number of hydrogen-bond acceptors (Lipinski definition) is 5. The molecule has 9 heteroatoms. The lowest BCUT2D eigenvalue weighted by atomic mass is 10.0. The van der Waals surface area contributed by atoms with Crippen LogP contribution in [0.3, 0.4) is 0 Å². The van der Waals surface area contributed by atoms with Crippen molar-refractivity contribution in [1.82, 2.24) is 9.62 Å². The maximum Gasteiger partial charge on any atom is 0.322 e. The summed E-state index contributed by atoms with van der Waals surface area (Å²) in [5, 5.41) is 9.26. The van der Waals surface area contributed by atoms with E-state index < -0.39 is 22.0 Å². The molecule has 1 heterocycles. The van der Waals surface area contributed by atoms with Gasteiger partial charge in [0.25, 0.3) is 5.91 Å². The van der Waals surface area contributed by atoms with Crippen molar-refractivity contribution in [3.63, 3.8) is 0 Å². The van der Waals surface area contributed by atoms with Crippen molar-refractivity contribution >= 4 is 21.9 Å².